The van der Waals surface area contributed by atoms with Crippen molar-refractivity contribution in [3.63, 3.8) is 0 Å². The van der Waals surface area contributed by atoms with Crippen LogP contribution in [0.3, 0.4) is 0 Å². The summed E-state index contributed by atoms with van der Waals surface area (Å²) in [5.74, 6) is 0.999. The van der Waals surface area contributed by atoms with Crippen molar-refractivity contribution < 1.29 is 9.18 Å². The zero-order valence-corrected chi connectivity index (χ0v) is 14.0. The molecule has 2 rings (SSSR count). The molecule has 2 nitrogen and oxygen atoms in total. The van der Waals surface area contributed by atoms with E-state index in [1.807, 2.05) is 18.2 Å². The minimum absolute atomic E-state index is 0.147. The first-order valence-corrected chi connectivity index (χ1v) is 8.71. The molecule has 0 aliphatic carbocycles. The Balaban J connectivity index is 1.65. The van der Waals surface area contributed by atoms with Gasteiger partial charge in [-0.1, -0.05) is 41.9 Å². The number of nitrogens with one attached hydrogen (secondary N) is 1. The van der Waals surface area contributed by atoms with Crippen LogP contribution in [0.4, 0.5) is 4.39 Å². The highest BCUT2D eigenvalue weighted by Crippen LogP contribution is 2.14. The van der Waals surface area contributed by atoms with E-state index < -0.39 is 0 Å². The first-order chi connectivity index (χ1) is 11.1. The van der Waals surface area contributed by atoms with E-state index in [-0.39, 0.29) is 11.7 Å². The average molecular weight is 350 g/mol. The molecule has 0 unspecified atom stereocenters. The number of benzene rings is 2. The van der Waals surface area contributed by atoms with E-state index >= 15 is 0 Å². The lowest BCUT2D eigenvalue weighted by Gasteiger charge is -2.04. The Morgan fingerprint density at radius 1 is 1.17 bits per heavy atom. The molecular weight excluding hydrogens is 333 g/mol. The van der Waals surface area contributed by atoms with Crippen LogP contribution in [0.2, 0.25) is 5.02 Å². The second kappa shape index (κ2) is 9.38. The van der Waals surface area contributed by atoms with Gasteiger partial charge in [0, 0.05) is 29.1 Å². The fourth-order valence-electron chi connectivity index (χ4n) is 1.85. The van der Waals surface area contributed by atoms with Crippen LogP contribution in [0.25, 0.3) is 6.08 Å². The molecule has 0 atom stereocenters. The van der Waals surface area contributed by atoms with Crippen LogP contribution >= 0.6 is 23.4 Å². The number of amides is 1. The second-order valence-electron chi connectivity index (χ2n) is 4.82. The summed E-state index contributed by atoms with van der Waals surface area (Å²) < 4.78 is 13.4. The molecule has 0 saturated carbocycles. The lowest BCUT2D eigenvalue weighted by atomic mass is 10.2. The maximum absolute atomic E-state index is 13.4. The summed E-state index contributed by atoms with van der Waals surface area (Å²) in [5.41, 5.74) is 1.60. The van der Waals surface area contributed by atoms with Gasteiger partial charge < -0.3 is 5.32 Å². The monoisotopic (exact) mass is 349 g/mol. The normalized spacial score (nSPS) is 10.9. The molecule has 0 spiro atoms. The first-order valence-electron chi connectivity index (χ1n) is 7.18. The zero-order chi connectivity index (χ0) is 16.5. The van der Waals surface area contributed by atoms with Crippen LogP contribution < -0.4 is 5.32 Å². The van der Waals surface area contributed by atoms with E-state index in [0.29, 0.717) is 22.9 Å². The number of carbonyl (C=O) groups excluding carboxylic acids is 1. The summed E-state index contributed by atoms with van der Waals surface area (Å²) in [6, 6.07) is 14.0. The van der Waals surface area contributed by atoms with Gasteiger partial charge in [0.25, 0.3) is 0 Å². The highest BCUT2D eigenvalue weighted by molar-refractivity contribution is 7.98. The summed E-state index contributed by atoms with van der Waals surface area (Å²) in [4.78, 5) is 11.7. The van der Waals surface area contributed by atoms with E-state index in [1.54, 1.807) is 42.1 Å². The number of halogens is 2. The predicted molar refractivity (Wildman–Crippen MR) is 96.1 cm³/mol. The number of hydrogen-bond acceptors (Lipinski definition) is 2. The van der Waals surface area contributed by atoms with Gasteiger partial charge in [0.05, 0.1) is 0 Å². The second-order valence-corrected chi connectivity index (χ2v) is 6.36. The molecular formula is C18H17ClFNOS. The van der Waals surface area contributed by atoms with E-state index in [2.05, 4.69) is 5.32 Å². The Hall–Kier alpha value is -1.78. The summed E-state index contributed by atoms with van der Waals surface area (Å²) >= 11 is 7.38. The van der Waals surface area contributed by atoms with Gasteiger partial charge in [-0.15, -0.1) is 0 Å². The Morgan fingerprint density at radius 3 is 2.65 bits per heavy atom. The zero-order valence-electron chi connectivity index (χ0n) is 12.5. The summed E-state index contributed by atoms with van der Waals surface area (Å²) in [6.07, 6.45) is 3.23. The minimum atomic E-state index is -0.185. The van der Waals surface area contributed by atoms with E-state index in [0.717, 1.165) is 11.3 Å². The van der Waals surface area contributed by atoms with Crippen molar-refractivity contribution in [3.8, 4) is 0 Å². The SMILES string of the molecule is O=C(/C=C/c1ccc(Cl)cc1)NCCSCc1ccccc1F. The smallest absolute Gasteiger partial charge is 0.244 e. The van der Waals surface area contributed by atoms with Gasteiger partial charge >= 0.3 is 0 Å². The molecule has 0 aromatic heterocycles. The third-order valence-corrected chi connectivity index (χ3v) is 4.32. The molecule has 120 valence electrons. The van der Waals surface area contributed by atoms with Crippen molar-refractivity contribution in [2.24, 2.45) is 0 Å². The molecule has 0 bridgehead atoms. The van der Waals surface area contributed by atoms with Crippen molar-refractivity contribution in [3.05, 3.63) is 76.6 Å². The average Bonchev–Trinajstić information content (AvgIpc) is 2.55. The number of hydrogen-bond donors (Lipinski definition) is 1. The van der Waals surface area contributed by atoms with E-state index in [9.17, 15) is 9.18 Å². The molecule has 0 radical (unpaired) electrons. The van der Waals surface area contributed by atoms with Gasteiger partial charge in [0.15, 0.2) is 0 Å². The van der Waals surface area contributed by atoms with E-state index in [4.69, 9.17) is 11.6 Å². The van der Waals surface area contributed by atoms with Gasteiger partial charge in [-0.05, 0) is 35.4 Å². The van der Waals surface area contributed by atoms with Crippen LogP contribution in [-0.2, 0) is 10.5 Å². The Kier molecular flexibility index (Phi) is 7.17. The molecule has 1 N–H and O–H groups in total. The Bertz CT molecular complexity index is 673. The third-order valence-electron chi connectivity index (χ3n) is 3.06. The minimum Gasteiger partial charge on any atom is -0.352 e. The highest BCUT2D eigenvalue weighted by Gasteiger charge is 2.01. The van der Waals surface area contributed by atoms with Gasteiger partial charge in [0.2, 0.25) is 5.91 Å². The fraction of sp³-hybridized carbons (Fsp3) is 0.167. The predicted octanol–water partition coefficient (Wildman–Crippen LogP) is 4.54. The van der Waals surface area contributed by atoms with Crippen LogP contribution in [0.15, 0.2) is 54.6 Å². The quantitative estimate of drug-likeness (QED) is 0.587. The third kappa shape index (κ3) is 6.47. The van der Waals surface area contributed by atoms with Crippen molar-refractivity contribution in [2.75, 3.05) is 12.3 Å². The molecule has 23 heavy (non-hydrogen) atoms. The standard InChI is InChI=1S/C18H17ClFNOS/c19-16-8-5-14(6-9-16)7-10-18(22)21-11-12-23-13-15-3-1-2-4-17(15)20/h1-10H,11-13H2,(H,21,22)/b10-7+. The number of thioether (sulfide) groups is 1. The lowest BCUT2D eigenvalue weighted by Crippen LogP contribution is -2.23. The van der Waals surface area contributed by atoms with Crippen molar-refractivity contribution in [1.82, 2.24) is 5.32 Å². The molecule has 0 heterocycles. The van der Waals surface area contributed by atoms with Crippen LogP contribution in [0.1, 0.15) is 11.1 Å². The maximum atomic E-state index is 13.4. The topological polar surface area (TPSA) is 29.1 Å². The fourth-order valence-corrected chi connectivity index (χ4v) is 2.82. The molecule has 0 saturated heterocycles. The molecule has 2 aromatic carbocycles. The summed E-state index contributed by atoms with van der Waals surface area (Å²) in [7, 11) is 0. The number of rotatable bonds is 7. The summed E-state index contributed by atoms with van der Waals surface area (Å²) in [6.45, 7) is 0.545. The Morgan fingerprint density at radius 2 is 1.91 bits per heavy atom. The Labute approximate surface area is 144 Å². The highest BCUT2D eigenvalue weighted by atomic mass is 35.5. The largest absolute Gasteiger partial charge is 0.352 e. The molecule has 1 amide bonds. The van der Waals surface area contributed by atoms with Crippen LogP contribution in [-0.4, -0.2) is 18.2 Å². The van der Waals surface area contributed by atoms with Crippen molar-refractivity contribution in [2.45, 2.75) is 5.75 Å². The molecule has 0 aliphatic heterocycles. The van der Waals surface area contributed by atoms with Crippen LogP contribution in [0, 0.1) is 5.82 Å². The van der Waals surface area contributed by atoms with Gasteiger partial charge in [0.1, 0.15) is 5.82 Å². The molecule has 0 aliphatic rings. The molecule has 2 aromatic rings. The van der Waals surface area contributed by atoms with Gasteiger partial charge in [-0.25, -0.2) is 4.39 Å². The van der Waals surface area contributed by atoms with Crippen molar-refractivity contribution >= 4 is 35.3 Å². The number of carbonyl (C=O) groups is 1. The maximum Gasteiger partial charge on any atom is 0.244 e. The molecule has 5 heteroatoms. The van der Waals surface area contributed by atoms with E-state index in [1.165, 1.54) is 12.1 Å². The molecule has 0 fully saturated rings. The summed E-state index contributed by atoms with van der Waals surface area (Å²) in [5, 5.41) is 3.46. The lowest BCUT2D eigenvalue weighted by molar-refractivity contribution is -0.116. The van der Waals surface area contributed by atoms with Gasteiger partial charge in [-0.3, -0.25) is 4.79 Å². The first kappa shape index (κ1) is 17.6. The van der Waals surface area contributed by atoms with Gasteiger partial charge in [-0.2, -0.15) is 11.8 Å². The van der Waals surface area contributed by atoms with Crippen molar-refractivity contribution in [1.29, 1.82) is 0 Å². The van der Waals surface area contributed by atoms with Crippen LogP contribution in [0.5, 0.6) is 0 Å².